The van der Waals surface area contributed by atoms with Crippen molar-refractivity contribution in [1.29, 1.82) is 0 Å². The van der Waals surface area contributed by atoms with E-state index in [1.165, 1.54) is 12.1 Å². The summed E-state index contributed by atoms with van der Waals surface area (Å²) in [6, 6.07) is 9.67. The summed E-state index contributed by atoms with van der Waals surface area (Å²) >= 11 is 0. The third kappa shape index (κ3) is 3.76. The molecule has 2 heterocycles. The molecule has 24 heavy (non-hydrogen) atoms. The van der Waals surface area contributed by atoms with Crippen LogP contribution in [-0.4, -0.2) is 38.3 Å². The molecule has 0 bridgehead atoms. The second-order valence-electron chi connectivity index (χ2n) is 5.48. The maximum Gasteiger partial charge on any atom is 0.263 e. The Morgan fingerprint density at radius 2 is 1.79 bits per heavy atom. The Hall–Kier alpha value is -2.35. The van der Waals surface area contributed by atoms with E-state index in [4.69, 9.17) is 4.74 Å². The largest absolute Gasteiger partial charge is 0.494 e. The Morgan fingerprint density at radius 3 is 2.38 bits per heavy atom. The third-order valence-electron chi connectivity index (χ3n) is 3.76. The van der Waals surface area contributed by atoms with Crippen LogP contribution in [0.3, 0.4) is 0 Å². The smallest absolute Gasteiger partial charge is 0.263 e. The fourth-order valence-electron chi connectivity index (χ4n) is 2.57. The molecule has 0 amide bonds. The number of rotatable bonds is 6. The molecule has 1 aromatic heterocycles. The first-order chi connectivity index (χ1) is 11.6. The van der Waals surface area contributed by atoms with Gasteiger partial charge in [-0.2, -0.15) is 0 Å². The lowest BCUT2D eigenvalue weighted by molar-refractivity contribution is 0.340. The van der Waals surface area contributed by atoms with Crippen LogP contribution in [0.2, 0.25) is 0 Å². The number of aromatic nitrogens is 2. The first kappa shape index (κ1) is 16.5. The number of nitrogens with one attached hydrogen (secondary N) is 1. The van der Waals surface area contributed by atoms with Gasteiger partial charge in [0.25, 0.3) is 10.0 Å². The minimum atomic E-state index is -3.70. The molecule has 0 aliphatic carbocycles. The first-order valence-corrected chi connectivity index (χ1v) is 9.41. The summed E-state index contributed by atoms with van der Waals surface area (Å²) in [5.74, 6) is 1.61. The van der Waals surface area contributed by atoms with Gasteiger partial charge in [0.2, 0.25) is 0 Å². The van der Waals surface area contributed by atoms with Crippen LogP contribution in [0, 0.1) is 0 Å². The number of ether oxygens (including phenoxy) is 1. The third-order valence-corrected chi connectivity index (χ3v) is 5.14. The highest BCUT2D eigenvalue weighted by Crippen LogP contribution is 2.20. The SMILES string of the molecule is CCOc1ccc(S(=O)(=O)Nc2ccc(N3CCCC3)nn2)cc1. The number of hydrogen-bond donors (Lipinski definition) is 1. The second-order valence-corrected chi connectivity index (χ2v) is 7.16. The van der Waals surface area contributed by atoms with Gasteiger partial charge in [0.15, 0.2) is 11.6 Å². The Balaban J connectivity index is 1.71. The quantitative estimate of drug-likeness (QED) is 0.862. The van der Waals surface area contributed by atoms with Crippen LogP contribution in [0.25, 0.3) is 0 Å². The Morgan fingerprint density at radius 1 is 1.08 bits per heavy atom. The summed E-state index contributed by atoms with van der Waals surface area (Å²) in [5, 5.41) is 8.08. The number of benzene rings is 1. The van der Waals surface area contributed by atoms with Gasteiger partial charge < -0.3 is 9.64 Å². The Bertz CT molecular complexity index is 770. The van der Waals surface area contributed by atoms with Gasteiger partial charge in [-0.3, -0.25) is 4.72 Å². The second kappa shape index (κ2) is 7.04. The van der Waals surface area contributed by atoms with Crippen molar-refractivity contribution in [3.05, 3.63) is 36.4 Å². The molecule has 1 fully saturated rings. The van der Waals surface area contributed by atoms with Crippen LogP contribution in [0.15, 0.2) is 41.3 Å². The van der Waals surface area contributed by atoms with Crippen LogP contribution in [0.1, 0.15) is 19.8 Å². The van der Waals surface area contributed by atoms with Gasteiger partial charge in [0.1, 0.15) is 5.75 Å². The molecule has 0 atom stereocenters. The van der Waals surface area contributed by atoms with Crippen molar-refractivity contribution in [2.45, 2.75) is 24.7 Å². The Labute approximate surface area is 141 Å². The lowest BCUT2D eigenvalue weighted by atomic mass is 10.3. The molecule has 1 N–H and O–H groups in total. The van der Waals surface area contributed by atoms with Crippen molar-refractivity contribution in [2.75, 3.05) is 29.3 Å². The minimum Gasteiger partial charge on any atom is -0.494 e. The van der Waals surface area contributed by atoms with E-state index in [0.29, 0.717) is 12.4 Å². The molecule has 0 unspecified atom stereocenters. The van der Waals surface area contributed by atoms with Crippen molar-refractivity contribution >= 4 is 21.7 Å². The van der Waals surface area contributed by atoms with Crippen LogP contribution < -0.4 is 14.4 Å². The van der Waals surface area contributed by atoms with Gasteiger partial charge in [-0.1, -0.05) is 0 Å². The highest BCUT2D eigenvalue weighted by molar-refractivity contribution is 7.92. The van der Waals surface area contributed by atoms with Crippen LogP contribution in [-0.2, 0) is 10.0 Å². The molecule has 0 saturated carbocycles. The standard InChI is InChI=1S/C16H20N4O3S/c1-2-23-13-5-7-14(8-6-13)24(21,22)19-15-9-10-16(18-17-15)20-11-3-4-12-20/h5-10H,2-4,11-12H2,1H3,(H,17,19). The minimum absolute atomic E-state index is 0.149. The molecule has 1 saturated heterocycles. The van der Waals surface area contributed by atoms with Crippen molar-refractivity contribution in [2.24, 2.45) is 0 Å². The van der Waals surface area contributed by atoms with Gasteiger partial charge in [0.05, 0.1) is 11.5 Å². The Kier molecular flexibility index (Phi) is 4.84. The summed E-state index contributed by atoms with van der Waals surface area (Å²) in [4.78, 5) is 2.29. The van der Waals surface area contributed by atoms with Gasteiger partial charge in [-0.15, -0.1) is 10.2 Å². The van der Waals surface area contributed by atoms with E-state index >= 15 is 0 Å². The zero-order valence-corrected chi connectivity index (χ0v) is 14.3. The molecule has 7 nitrogen and oxygen atoms in total. The summed E-state index contributed by atoms with van der Waals surface area (Å²) in [7, 11) is -3.70. The molecule has 1 aromatic carbocycles. The predicted octanol–water partition coefficient (Wildman–Crippen LogP) is 2.28. The zero-order chi connectivity index (χ0) is 17.0. The first-order valence-electron chi connectivity index (χ1n) is 7.93. The normalized spacial score (nSPS) is 14.6. The lowest BCUT2D eigenvalue weighted by Gasteiger charge is -2.15. The van der Waals surface area contributed by atoms with Crippen molar-refractivity contribution < 1.29 is 13.2 Å². The summed E-state index contributed by atoms with van der Waals surface area (Å²) < 4.78 is 32.5. The van der Waals surface area contributed by atoms with E-state index in [9.17, 15) is 8.42 Å². The van der Waals surface area contributed by atoms with Gasteiger partial charge in [-0.05, 0) is 56.2 Å². The summed E-state index contributed by atoms with van der Waals surface area (Å²) in [5.41, 5.74) is 0. The van der Waals surface area contributed by atoms with Gasteiger partial charge in [0, 0.05) is 13.1 Å². The molecule has 1 aliphatic heterocycles. The maximum absolute atomic E-state index is 12.4. The molecule has 0 radical (unpaired) electrons. The topological polar surface area (TPSA) is 84.4 Å². The molecule has 8 heteroatoms. The number of sulfonamides is 1. The molecule has 0 spiro atoms. The monoisotopic (exact) mass is 348 g/mol. The maximum atomic E-state index is 12.4. The lowest BCUT2D eigenvalue weighted by Crippen LogP contribution is -2.20. The molecular weight excluding hydrogens is 328 g/mol. The van der Waals surface area contributed by atoms with Crippen LogP contribution in [0.4, 0.5) is 11.6 Å². The molecule has 1 aliphatic rings. The molecule has 3 rings (SSSR count). The summed E-state index contributed by atoms with van der Waals surface area (Å²) in [6.45, 7) is 4.33. The number of hydrogen-bond acceptors (Lipinski definition) is 6. The fraction of sp³-hybridized carbons (Fsp3) is 0.375. The van der Waals surface area contributed by atoms with E-state index < -0.39 is 10.0 Å². The van der Waals surface area contributed by atoms with E-state index in [2.05, 4.69) is 19.8 Å². The number of nitrogens with zero attached hydrogens (tertiary/aromatic N) is 3. The number of anilines is 2. The van der Waals surface area contributed by atoms with Crippen molar-refractivity contribution in [3.63, 3.8) is 0 Å². The average Bonchev–Trinajstić information content (AvgIpc) is 3.10. The van der Waals surface area contributed by atoms with E-state index in [0.717, 1.165) is 31.7 Å². The summed E-state index contributed by atoms with van der Waals surface area (Å²) in [6.07, 6.45) is 2.29. The highest BCUT2D eigenvalue weighted by Gasteiger charge is 2.17. The average molecular weight is 348 g/mol. The highest BCUT2D eigenvalue weighted by atomic mass is 32.2. The van der Waals surface area contributed by atoms with Gasteiger partial charge >= 0.3 is 0 Å². The van der Waals surface area contributed by atoms with Crippen molar-refractivity contribution in [1.82, 2.24) is 10.2 Å². The molecular formula is C16H20N4O3S. The van der Waals surface area contributed by atoms with Crippen LogP contribution in [0.5, 0.6) is 5.75 Å². The van der Waals surface area contributed by atoms with E-state index in [1.54, 1.807) is 24.3 Å². The molecule has 128 valence electrons. The zero-order valence-electron chi connectivity index (χ0n) is 13.5. The van der Waals surface area contributed by atoms with E-state index in [1.807, 2.05) is 6.92 Å². The fourth-order valence-corrected chi connectivity index (χ4v) is 3.57. The van der Waals surface area contributed by atoms with Crippen molar-refractivity contribution in [3.8, 4) is 5.75 Å². The van der Waals surface area contributed by atoms with E-state index in [-0.39, 0.29) is 10.7 Å². The predicted molar refractivity (Wildman–Crippen MR) is 91.9 cm³/mol. The van der Waals surface area contributed by atoms with Crippen LogP contribution >= 0.6 is 0 Å². The van der Waals surface area contributed by atoms with Gasteiger partial charge in [-0.25, -0.2) is 8.42 Å². The molecule has 2 aromatic rings.